The fraction of sp³-hybridized carbons (Fsp3) is 0.0667. The third-order valence-electron chi connectivity index (χ3n) is 3.12. The van der Waals surface area contributed by atoms with Crippen LogP contribution in [0.1, 0.15) is 10.4 Å². The number of benzene rings is 1. The van der Waals surface area contributed by atoms with Crippen LogP contribution < -0.4 is 4.74 Å². The zero-order valence-corrected chi connectivity index (χ0v) is 10.8. The van der Waals surface area contributed by atoms with Crippen LogP contribution in [-0.4, -0.2) is 28.2 Å². The molecule has 0 unspecified atom stereocenters. The molecule has 0 spiro atoms. The Hall–Kier alpha value is -2.82. The summed E-state index contributed by atoms with van der Waals surface area (Å²) in [5, 5.41) is 9.95. The fourth-order valence-corrected chi connectivity index (χ4v) is 2.14. The molecule has 2 heterocycles. The molecular weight excluding hydrogens is 256 g/mol. The molecule has 3 aromatic rings. The number of pyridine rings is 1. The first-order chi connectivity index (χ1) is 9.69. The molecule has 0 atom stereocenters. The molecular formula is C15H12N2O3. The van der Waals surface area contributed by atoms with Crippen molar-refractivity contribution in [3.05, 3.63) is 48.2 Å². The summed E-state index contributed by atoms with van der Waals surface area (Å²) in [5.41, 5.74) is 2.21. The maximum absolute atomic E-state index is 11.5. The van der Waals surface area contributed by atoms with Crippen LogP contribution in [-0.2, 0) is 0 Å². The van der Waals surface area contributed by atoms with Crippen molar-refractivity contribution in [2.45, 2.75) is 0 Å². The quantitative estimate of drug-likeness (QED) is 0.765. The maximum Gasteiger partial charge on any atom is 0.336 e. The minimum Gasteiger partial charge on any atom is -0.497 e. The molecule has 20 heavy (non-hydrogen) atoms. The van der Waals surface area contributed by atoms with E-state index in [9.17, 15) is 9.90 Å². The molecule has 0 radical (unpaired) electrons. The monoisotopic (exact) mass is 268 g/mol. The van der Waals surface area contributed by atoms with Crippen LogP contribution >= 0.6 is 0 Å². The second-order valence-electron chi connectivity index (χ2n) is 4.33. The highest BCUT2D eigenvalue weighted by Gasteiger charge is 2.14. The van der Waals surface area contributed by atoms with E-state index in [2.05, 4.69) is 9.97 Å². The number of aromatic amines is 1. The molecule has 0 saturated carbocycles. The molecule has 0 amide bonds. The standard InChI is InChI=1S/C15H12N2O3/c1-20-9-4-5-12-10(7-9)11(15(18)19)8-14(17-12)13-3-2-6-16-13/h2-8,16H,1H3,(H,18,19). The highest BCUT2D eigenvalue weighted by Crippen LogP contribution is 2.27. The van der Waals surface area contributed by atoms with E-state index in [1.807, 2.05) is 12.1 Å². The lowest BCUT2D eigenvalue weighted by molar-refractivity contribution is 0.0699. The number of carboxylic acids is 1. The van der Waals surface area contributed by atoms with Crippen molar-refractivity contribution >= 4 is 16.9 Å². The van der Waals surface area contributed by atoms with Crippen molar-refractivity contribution < 1.29 is 14.6 Å². The first-order valence-corrected chi connectivity index (χ1v) is 6.05. The van der Waals surface area contributed by atoms with Crippen LogP contribution in [0.4, 0.5) is 0 Å². The molecule has 0 saturated heterocycles. The molecule has 2 aromatic heterocycles. The van der Waals surface area contributed by atoms with Crippen LogP contribution in [0.3, 0.4) is 0 Å². The van der Waals surface area contributed by atoms with Gasteiger partial charge in [-0.3, -0.25) is 0 Å². The van der Waals surface area contributed by atoms with E-state index in [1.165, 1.54) is 0 Å². The lowest BCUT2D eigenvalue weighted by Gasteiger charge is -2.07. The molecule has 0 fully saturated rings. The van der Waals surface area contributed by atoms with E-state index in [-0.39, 0.29) is 5.56 Å². The van der Waals surface area contributed by atoms with Crippen molar-refractivity contribution in [3.63, 3.8) is 0 Å². The highest BCUT2D eigenvalue weighted by molar-refractivity contribution is 6.04. The number of aromatic nitrogens is 2. The maximum atomic E-state index is 11.5. The fourth-order valence-electron chi connectivity index (χ4n) is 2.14. The zero-order chi connectivity index (χ0) is 14.1. The number of H-pyrrole nitrogens is 1. The molecule has 100 valence electrons. The summed E-state index contributed by atoms with van der Waals surface area (Å²) < 4.78 is 5.13. The molecule has 5 heteroatoms. The number of hydrogen-bond donors (Lipinski definition) is 2. The van der Waals surface area contributed by atoms with Gasteiger partial charge in [0.15, 0.2) is 0 Å². The number of methoxy groups -OCH3 is 1. The van der Waals surface area contributed by atoms with Gasteiger partial charge in [-0.2, -0.15) is 0 Å². The average molecular weight is 268 g/mol. The summed E-state index contributed by atoms with van der Waals surface area (Å²) in [7, 11) is 1.54. The van der Waals surface area contributed by atoms with Gasteiger partial charge < -0.3 is 14.8 Å². The second kappa shape index (κ2) is 4.70. The van der Waals surface area contributed by atoms with Gasteiger partial charge in [-0.25, -0.2) is 9.78 Å². The summed E-state index contributed by atoms with van der Waals surface area (Å²) in [6, 6.07) is 10.5. The van der Waals surface area contributed by atoms with Gasteiger partial charge in [-0.15, -0.1) is 0 Å². The summed E-state index contributed by atoms with van der Waals surface area (Å²) in [6.07, 6.45) is 1.77. The number of carbonyl (C=O) groups is 1. The van der Waals surface area contributed by atoms with Crippen molar-refractivity contribution in [2.75, 3.05) is 7.11 Å². The SMILES string of the molecule is COc1ccc2nc(-c3ccc[nH]3)cc(C(=O)O)c2c1. The van der Waals surface area contributed by atoms with Gasteiger partial charge in [0.05, 0.1) is 29.6 Å². The Morgan fingerprint density at radius 1 is 1.30 bits per heavy atom. The number of nitrogens with zero attached hydrogens (tertiary/aromatic N) is 1. The predicted octanol–water partition coefficient (Wildman–Crippen LogP) is 2.94. The largest absolute Gasteiger partial charge is 0.497 e. The predicted molar refractivity (Wildman–Crippen MR) is 75.0 cm³/mol. The van der Waals surface area contributed by atoms with Crippen molar-refractivity contribution in [2.24, 2.45) is 0 Å². The van der Waals surface area contributed by atoms with Crippen molar-refractivity contribution in [3.8, 4) is 17.1 Å². The zero-order valence-electron chi connectivity index (χ0n) is 10.8. The lowest BCUT2D eigenvalue weighted by atomic mass is 10.1. The molecule has 0 bridgehead atoms. The number of carboxylic acid groups (broad SMARTS) is 1. The summed E-state index contributed by atoms with van der Waals surface area (Å²) in [4.78, 5) is 19.0. The summed E-state index contributed by atoms with van der Waals surface area (Å²) in [6.45, 7) is 0. The van der Waals surface area contributed by atoms with Gasteiger partial charge in [-0.05, 0) is 36.4 Å². The number of rotatable bonds is 3. The van der Waals surface area contributed by atoms with Gasteiger partial charge in [0, 0.05) is 11.6 Å². The normalized spacial score (nSPS) is 10.7. The van der Waals surface area contributed by atoms with E-state index < -0.39 is 5.97 Å². The Balaban J connectivity index is 2.30. The van der Waals surface area contributed by atoms with Gasteiger partial charge in [0.2, 0.25) is 0 Å². The first-order valence-electron chi connectivity index (χ1n) is 6.05. The van der Waals surface area contributed by atoms with E-state index in [1.54, 1.807) is 37.6 Å². The average Bonchev–Trinajstić information content (AvgIpc) is 2.99. The van der Waals surface area contributed by atoms with Gasteiger partial charge in [0.1, 0.15) is 5.75 Å². The molecule has 5 nitrogen and oxygen atoms in total. The molecule has 0 aliphatic carbocycles. The minimum atomic E-state index is -0.988. The number of fused-ring (bicyclic) bond motifs is 1. The highest BCUT2D eigenvalue weighted by atomic mass is 16.5. The van der Waals surface area contributed by atoms with Gasteiger partial charge >= 0.3 is 5.97 Å². The third kappa shape index (κ3) is 1.99. The topological polar surface area (TPSA) is 75.2 Å². The Bertz CT molecular complexity index is 779. The van der Waals surface area contributed by atoms with E-state index in [4.69, 9.17) is 4.74 Å². The van der Waals surface area contributed by atoms with E-state index >= 15 is 0 Å². The lowest BCUT2D eigenvalue weighted by Crippen LogP contribution is -2.00. The Kier molecular flexibility index (Phi) is 2.87. The van der Waals surface area contributed by atoms with Crippen molar-refractivity contribution in [1.29, 1.82) is 0 Å². The Morgan fingerprint density at radius 2 is 2.15 bits per heavy atom. The van der Waals surface area contributed by atoms with Gasteiger partial charge in [0.25, 0.3) is 0 Å². The van der Waals surface area contributed by atoms with Crippen LogP contribution in [0.5, 0.6) is 5.75 Å². The number of aromatic carboxylic acids is 1. The Morgan fingerprint density at radius 3 is 2.80 bits per heavy atom. The minimum absolute atomic E-state index is 0.207. The summed E-state index contributed by atoms with van der Waals surface area (Å²) >= 11 is 0. The van der Waals surface area contributed by atoms with E-state index in [0.717, 1.165) is 5.69 Å². The van der Waals surface area contributed by atoms with Crippen LogP contribution in [0.25, 0.3) is 22.3 Å². The smallest absolute Gasteiger partial charge is 0.336 e. The molecule has 0 aliphatic rings. The van der Waals surface area contributed by atoms with Crippen LogP contribution in [0, 0.1) is 0 Å². The van der Waals surface area contributed by atoms with E-state index in [0.29, 0.717) is 22.3 Å². The molecule has 1 aromatic carbocycles. The molecule has 3 rings (SSSR count). The summed E-state index contributed by atoms with van der Waals surface area (Å²) in [5.74, 6) is -0.382. The number of hydrogen-bond acceptors (Lipinski definition) is 3. The van der Waals surface area contributed by atoms with Crippen LogP contribution in [0.15, 0.2) is 42.6 Å². The molecule has 0 aliphatic heterocycles. The van der Waals surface area contributed by atoms with Crippen LogP contribution in [0.2, 0.25) is 0 Å². The van der Waals surface area contributed by atoms with Crippen molar-refractivity contribution in [1.82, 2.24) is 9.97 Å². The number of ether oxygens (including phenoxy) is 1. The van der Waals surface area contributed by atoms with Gasteiger partial charge in [-0.1, -0.05) is 0 Å². The Labute approximate surface area is 114 Å². The third-order valence-corrected chi connectivity index (χ3v) is 3.12. The number of nitrogens with one attached hydrogen (secondary N) is 1. The first kappa shape index (κ1) is 12.2. The molecule has 2 N–H and O–H groups in total. The second-order valence-corrected chi connectivity index (χ2v) is 4.33.